The average Bonchev–Trinajstić information content (AvgIpc) is 2.96. The zero-order valence-electron chi connectivity index (χ0n) is 14.2. The van der Waals surface area contributed by atoms with Crippen LogP contribution in [0.15, 0.2) is 42.5 Å². The minimum atomic E-state index is -1.06. The maximum Gasteiger partial charge on any atom is 0.336 e. The Morgan fingerprint density at radius 3 is 2.68 bits per heavy atom. The predicted molar refractivity (Wildman–Crippen MR) is 92.9 cm³/mol. The van der Waals surface area contributed by atoms with Gasteiger partial charge in [0.1, 0.15) is 5.75 Å². The molecule has 1 heterocycles. The lowest BCUT2D eigenvalue weighted by Crippen LogP contribution is -2.25. The van der Waals surface area contributed by atoms with Gasteiger partial charge >= 0.3 is 5.97 Å². The fourth-order valence-corrected chi connectivity index (χ4v) is 3.20. The molecule has 0 fully saturated rings. The van der Waals surface area contributed by atoms with E-state index in [1.165, 1.54) is 0 Å². The van der Waals surface area contributed by atoms with Gasteiger partial charge in [0.05, 0.1) is 25.4 Å². The molecule has 0 saturated carbocycles. The summed E-state index contributed by atoms with van der Waals surface area (Å²) in [5, 5.41) is 18.8. The number of carboxylic acid groups (broad SMARTS) is 1. The van der Waals surface area contributed by atoms with Gasteiger partial charge < -0.3 is 19.7 Å². The van der Waals surface area contributed by atoms with E-state index in [2.05, 4.69) is 6.92 Å². The van der Waals surface area contributed by atoms with Crippen LogP contribution in [-0.2, 0) is 23.4 Å². The first kappa shape index (κ1) is 17.5. The normalized spacial score (nSPS) is 18.6. The number of hydrogen-bond acceptors (Lipinski definition) is 4. The van der Waals surface area contributed by atoms with Crippen molar-refractivity contribution in [3.8, 4) is 5.75 Å². The van der Waals surface area contributed by atoms with E-state index in [4.69, 9.17) is 9.47 Å². The molecule has 2 aromatic rings. The van der Waals surface area contributed by atoms with Crippen molar-refractivity contribution >= 4 is 5.97 Å². The van der Waals surface area contributed by atoms with Crippen LogP contribution in [-0.4, -0.2) is 29.4 Å². The number of rotatable bonds is 7. The number of ether oxygens (including phenoxy) is 2. The Morgan fingerprint density at radius 2 is 2.00 bits per heavy atom. The molecule has 1 aliphatic rings. The summed E-state index contributed by atoms with van der Waals surface area (Å²) in [6.07, 6.45) is 0.754. The highest BCUT2D eigenvalue weighted by atomic mass is 16.5. The molecule has 5 heteroatoms. The summed E-state index contributed by atoms with van der Waals surface area (Å²) < 4.78 is 11.5. The van der Waals surface area contributed by atoms with Crippen LogP contribution in [0.2, 0.25) is 0 Å². The number of aliphatic hydroxyl groups is 1. The predicted octanol–water partition coefficient (Wildman–Crippen LogP) is 3.13. The maximum absolute atomic E-state index is 11.3. The van der Waals surface area contributed by atoms with Gasteiger partial charge in [-0.3, -0.25) is 0 Å². The minimum Gasteiger partial charge on any atom is -0.492 e. The van der Waals surface area contributed by atoms with Crippen LogP contribution in [0.3, 0.4) is 0 Å². The van der Waals surface area contributed by atoms with Crippen LogP contribution in [0.1, 0.15) is 40.4 Å². The van der Waals surface area contributed by atoms with E-state index in [1.807, 2.05) is 30.3 Å². The molecule has 2 N–H and O–H groups in total. The number of hydrogen-bond donors (Lipinski definition) is 2. The monoisotopic (exact) mass is 342 g/mol. The van der Waals surface area contributed by atoms with Gasteiger partial charge in [0, 0.05) is 23.1 Å². The third kappa shape index (κ3) is 3.52. The van der Waals surface area contributed by atoms with E-state index in [0.717, 1.165) is 17.5 Å². The summed E-state index contributed by atoms with van der Waals surface area (Å²) >= 11 is 0. The molecule has 25 heavy (non-hydrogen) atoms. The fourth-order valence-electron chi connectivity index (χ4n) is 3.20. The van der Waals surface area contributed by atoms with Crippen molar-refractivity contribution in [3.05, 3.63) is 64.7 Å². The first-order valence-corrected chi connectivity index (χ1v) is 8.30. The molecule has 1 aliphatic heterocycles. The van der Waals surface area contributed by atoms with Gasteiger partial charge in [-0.2, -0.15) is 0 Å². The lowest BCUT2D eigenvalue weighted by atomic mass is 9.80. The van der Waals surface area contributed by atoms with Crippen molar-refractivity contribution in [1.29, 1.82) is 0 Å². The molecule has 0 amide bonds. The van der Waals surface area contributed by atoms with E-state index in [0.29, 0.717) is 31.1 Å². The Morgan fingerprint density at radius 1 is 1.24 bits per heavy atom. The number of carbonyl (C=O) groups is 1. The third-order valence-corrected chi connectivity index (χ3v) is 4.74. The largest absolute Gasteiger partial charge is 0.492 e. The van der Waals surface area contributed by atoms with E-state index >= 15 is 0 Å². The number of fused-ring (bicyclic) bond motifs is 1. The van der Waals surface area contributed by atoms with Crippen LogP contribution in [0, 0.1) is 0 Å². The summed E-state index contributed by atoms with van der Waals surface area (Å²) in [5.74, 6) is -0.553. The Bertz CT molecular complexity index is 756. The van der Waals surface area contributed by atoms with Crippen LogP contribution in [0.5, 0.6) is 5.75 Å². The van der Waals surface area contributed by atoms with Gasteiger partial charge in [-0.15, -0.1) is 0 Å². The van der Waals surface area contributed by atoms with Gasteiger partial charge in [-0.1, -0.05) is 43.3 Å². The van der Waals surface area contributed by atoms with Gasteiger partial charge in [0.25, 0.3) is 0 Å². The SMILES string of the molecule is CC1(CCOCc2ccccc2)COc2c1ccc(C(=O)O)c2CO. The molecule has 5 nitrogen and oxygen atoms in total. The highest BCUT2D eigenvalue weighted by Crippen LogP contribution is 2.44. The summed E-state index contributed by atoms with van der Waals surface area (Å²) in [6.45, 7) is 3.30. The van der Waals surface area contributed by atoms with Crippen molar-refractivity contribution in [1.82, 2.24) is 0 Å². The van der Waals surface area contributed by atoms with Crippen LogP contribution >= 0.6 is 0 Å². The van der Waals surface area contributed by atoms with Gasteiger partial charge in [-0.05, 0) is 18.1 Å². The molecule has 1 atom stereocenters. The quantitative estimate of drug-likeness (QED) is 0.756. The number of aromatic carboxylic acids is 1. The van der Waals surface area contributed by atoms with E-state index in [9.17, 15) is 15.0 Å². The molecule has 0 aliphatic carbocycles. The van der Waals surface area contributed by atoms with Crippen molar-refractivity contribution in [3.63, 3.8) is 0 Å². The molecule has 0 aromatic heterocycles. The molecular formula is C20H22O5. The Balaban J connectivity index is 1.69. The Labute approximate surface area is 146 Å². The summed E-state index contributed by atoms with van der Waals surface area (Å²) in [7, 11) is 0. The van der Waals surface area contributed by atoms with Crippen LogP contribution in [0.25, 0.3) is 0 Å². The van der Waals surface area contributed by atoms with Gasteiger partial charge in [0.15, 0.2) is 0 Å². The second-order valence-corrected chi connectivity index (χ2v) is 6.57. The molecule has 2 aromatic carbocycles. The lowest BCUT2D eigenvalue weighted by molar-refractivity contribution is 0.0692. The second-order valence-electron chi connectivity index (χ2n) is 6.57. The van der Waals surface area contributed by atoms with Crippen molar-refractivity contribution in [2.24, 2.45) is 0 Å². The molecule has 3 rings (SSSR count). The van der Waals surface area contributed by atoms with E-state index < -0.39 is 5.97 Å². The lowest BCUT2D eigenvalue weighted by Gasteiger charge is -2.22. The van der Waals surface area contributed by atoms with Crippen molar-refractivity contribution in [2.75, 3.05) is 13.2 Å². The summed E-state index contributed by atoms with van der Waals surface area (Å²) in [5.41, 5.74) is 2.24. The minimum absolute atomic E-state index is 0.0887. The van der Waals surface area contributed by atoms with Gasteiger partial charge in [-0.25, -0.2) is 4.79 Å². The molecule has 132 valence electrons. The third-order valence-electron chi connectivity index (χ3n) is 4.74. The fraction of sp³-hybridized carbons (Fsp3) is 0.350. The molecular weight excluding hydrogens is 320 g/mol. The van der Waals surface area contributed by atoms with Gasteiger partial charge in [0.2, 0.25) is 0 Å². The van der Waals surface area contributed by atoms with Crippen LogP contribution < -0.4 is 4.74 Å². The molecule has 0 saturated heterocycles. The first-order chi connectivity index (χ1) is 12.0. The summed E-state index contributed by atoms with van der Waals surface area (Å²) in [4.78, 5) is 11.3. The maximum atomic E-state index is 11.3. The molecule has 0 spiro atoms. The summed E-state index contributed by atoms with van der Waals surface area (Å²) in [6, 6.07) is 13.3. The molecule has 0 radical (unpaired) electrons. The first-order valence-electron chi connectivity index (χ1n) is 8.30. The smallest absolute Gasteiger partial charge is 0.336 e. The van der Waals surface area contributed by atoms with Crippen molar-refractivity contribution in [2.45, 2.75) is 32.0 Å². The van der Waals surface area contributed by atoms with E-state index in [1.54, 1.807) is 12.1 Å². The Kier molecular flexibility index (Phi) is 5.06. The van der Waals surface area contributed by atoms with E-state index in [-0.39, 0.29) is 17.6 Å². The molecule has 1 unspecified atom stereocenters. The number of benzene rings is 2. The standard InChI is InChI=1S/C20H22O5/c1-20(9-10-24-12-14-5-3-2-4-6-14)13-25-18-16(11-21)15(19(22)23)7-8-17(18)20/h2-8,21H,9-13H2,1H3,(H,22,23). The number of aliphatic hydroxyl groups excluding tert-OH is 1. The second kappa shape index (κ2) is 7.25. The average molecular weight is 342 g/mol. The highest BCUT2D eigenvalue weighted by molar-refractivity contribution is 5.90. The number of carboxylic acids is 1. The van der Waals surface area contributed by atoms with Crippen LogP contribution in [0.4, 0.5) is 0 Å². The Hall–Kier alpha value is -2.37. The topological polar surface area (TPSA) is 76.0 Å². The zero-order chi connectivity index (χ0) is 17.9. The van der Waals surface area contributed by atoms with Crippen molar-refractivity contribution < 1.29 is 24.5 Å². The highest BCUT2D eigenvalue weighted by Gasteiger charge is 2.38. The molecule has 0 bridgehead atoms. The zero-order valence-corrected chi connectivity index (χ0v) is 14.2.